The minimum absolute atomic E-state index is 0.00518. The lowest BCUT2D eigenvalue weighted by Gasteiger charge is -2.41. The van der Waals surface area contributed by atoms with Gasteiger partial charge >= 0.3 is 0 Å². The van der Waals surface area contributed by atoms with E-state index in [1.165, 1.54) is 18.2 Å². The van der Waals surface area contributed by atoms with Crippen molar-refractivity contribution in [2.24, 2.45) is 11.1 Å². The van der Waals surface area contributed by atoms with Gasteiger partial charge in [-0.15, -0.1) is 0 Å². The smallest absolute Gasteiger partial charge is 0.260 e. The minimum Gasteiger partial charge on any atom is -0.379 e. The van der Waals surface area contributed by atoms with Gasteiger partial charge in [0.2, 0.25) is 0 Å². The number of hydrogen-bond donors (Lipinski definition) is 1. The van der Waals surface area contributed by atoms with E-state index >= 15 is 0 Å². The molecule has 0 unspecified atom stereocenters. The van der Waals surface area contributed by atoms with E-state index < -0.39 is 17.2 Å². The summed E-state index contributed by atoms with van der Waals surface area (Å²) >= 11 is 0. The number of anilines is 1. The Hall–Kier alpha value is -2.32. The van der Waals surface area contributed by atoms with Crippen molar-refractivity contribution < 1.29 is 13.5 Å². The first-order valence-electron chi connectivity index (χ1n) is 9.05. The topological polar surface area (TPSA) is 73.4 Å². The van der Waals surface area contributed by atoms with Crippen LogP contribution in [-0.4, -0.2) is 41.9 Å². The molecule has 0 amide bonds. The summed E-state index contributed by atoms with van der Waals surface area (Å²) in [5, 5.41) is 0. The number of aryl methyl sites for hydroxylation is 1. The third-order valence-electron chi connectivity index (χ3n) is 5.80. The number of nitrogens with two attached hydrogens (primary N) is 1. The van der Waals surface area contributed by atoms with Gasteiger partial charge in [-0.2, -0.15) is 0 Å². The van der Waals surface area contributed by atoms with Crippen molar-refractivity contribution in [1.29, 1.82) is 0 Å². The zero-order valence-corrected chi connectivity index (χ0v) is 15.1. The molecule has 8 heteroatoms. The first kappa shape index (κ1) is 18.1. The molecule has 1 spiro atoms. The van der Waals surface area contributed by atoms with Crippen LogP contribution in [0.1, 0.15) is 18.7 Å². The van der Waals surface area contributed by atoms with Gasteiger partial charge in [0.15, 0.2) is 11.6 Å². The van der Waals surface area contributed by atoms with Gasteiger partial charge in [0.1, 0.15) is 11.6 Å². The summed E-state index contributed by atoms with van der Waals surface area (Å²) in [6.07, 6.45) is 1.74. The Morgan fingerprint density at radius 3 is 2.67 bits per heavy atom. The first-order valence-corrected chi connectivity index (χ1v) is 9.05. The van der Waals surface area contributed by atoms with E-state index in [0.29, 0.717) is 24.9 Å². The SMILES string of the molecule is Cc1nc(N2CCC3(CC2)COC[C@H]3N)cc(=O)n1-c1cccc(F)c1F. The number of aromatic nitrogens is 2. The molecule has 0 aliphatic carbocycles. The van der Waals surface area contributed by atoms with Crippen molar-refractivity contribution in [1.82, 2.24) is 9.55 Å². The maximum Gasteiger partial charge on any atom is 0.260 e. The van der Waals surface area contributed by atoms with Crippen LogP contribution in [-0.2, 0) is 4.74 Å². The van der Waals surface area contributed by atoms with Crippen LogP contribution in [0.3, 0.4) is 0 Å². The van der Waals surface area contributed by atoms with Crippen molar-refractivity contribution in [3.8, 4) is 5.69 Å². The fourth-order valence-corrected chi connectivity index (χ4v) is 4.07. The van der Waals surface area contributed by atoms with E-state index in [-0.39, 0.29) is 17.1 Å². The third kappa shape index (κ3) is 3.02. The second-order valence-electron chi connectivity index (χ2n) is 7.38. The van der Waals surface area contributed by atoms with E-state index in [4.69, 9.17) is 10.5 Å². The number of benzene rings is 1. The van der Waals surface area contributed by atoms with Crippen LogP contribution in [0.15, 0.2) is 29.1 Å². The molecule has 4 rings (SSSR count). The van der Waals surface area contributed by atoms with E-state index in [0.717, 1.165) is 36.6 Å². The summed E-state index contributed by atoms with van der Waals surface area (Å²) in [5.41, 5.74) is 5.64. The molecule has 2 aliphatic heterocycles. The molecule has 27 heavy (non-hydrogen) atoms. The largest absolute Gasteiger partial charge is 0.379 e. The van der Waals surface area contributed by atoms with Gasteiger partial charge in [-0.1, -0.05) is 6.07 Å². The van der Waals surface area contributed by atoms with Gasteiger partial charge in [0.05, 0.1) is 18.9 Å². The molecule has 1 aromatic carbocycles. The average Bonchev–Trinajstić information content (AvgIpc) is 2.98. The van der Waals surface area contributed by atoms with Crippen LogP contribution in [0.25, 0.3) is 5.69 Å². The molecule has 3 heterocycles. The number of hydrogen-bond acceptors (Lipinski definition) is 5. The highest BCUT2D eigenvalue weighted by atomic mass is 19.2. The van der Waals surface area contributed by atoms with Crippen LogP contribution in [0.5, 0.6) is 0 Å². The zero-order valence-electron chi connectivity index (χ0n) is 15.1. The van der Waals surface area contributed by atoms with Gasteiger partial charge in [-0.05, 0) is 31.9 Å². The summed E-state index contributed by atoms with van der Waals surface area (Å²) in [7, 11) is 0. The maximum absolute atomic E-state index is 14.1. The normalized spacial score (nSPS) is 21.8. The van der Waals surface area contributed by atoms with Crippen molar-refractivity contribution >= 4 is 5.82 Å². The Bertz CT molecular complexity index is 922. The predicted molar refractivity (Wildman–Crippen MR) is 97.2 cm³/mol. The fraction of sp³-hybridized carbons (Fsp3) is 0.474. The van der Waals surface area contributed by atoms with Crippen molar-refractivity contribution in [2.75, 3.05) is 31.2 Å². The molecule has 2 aromatic rings. The van der Waals surface area contributed by atoms with Crippen LogP contribution in [0.4, 0.5) is 14.6 Å². The van der Waals surface area contributed by atoms with Gasteiger partial charge in [0, 0.05) is 30.6 Å². The van der Waals surface area contributed by atoms with Gasteiger partial charge in [0.25, 0.3) is 5.56 Å². The Morgan fingerprint density at radius 2 is 2.04 bits per heavy atom. The second-order valence-corrected chi connectivity index (χ2v) is 7.38. The fourth-order valence-electron chi connectivity index (χ4n) is 4.07. The molecular formula is C19H22F2N4O2. The summed E-state index contributed by atoms with van der Waals surface area (Å²) in [4.78, 5) is 19.2. The lowest BCUT2D eigenvalue weighted by Crippen LogP contribution is -2.49. The molecule has 2 fully saturated rings. The van der Waals surface area contributed by atoms with E-state index in [1.54, 1.807) is 6.92 Å². The van der Waals surface area contributed by atoms with Gasteiger partial charge < -0.3 is 15.4 Å². The first-order chi connectivity index (χ1) is 12.9. The summed E-state index contributed by atoms with van der Waals surface area (Å²) < 4.78 is 34.3. The lowest BCUT2D eigenvalue weighted by atomic mass is 9.75. The summed E-state index contributed by atoms with van der Waals surface area (Å²) in [6, 6.07) is 5.16. The Balaban J connectivity index is 1.61. The molecule has 0 saturated carbocycles. The highest BCUT2D eigenvalue weighted by Crippen LogP contribution is 2.39. The maximum atomic E-state index is 14.1. The van der Waals surface area contributed by atoms with Gasteiger partial charge in [-0.3, -0.25) is 9.36 Å². The molecule has 1 atom stereocenters. The number of rotatable bonds is 2. The van der Waals surface area contributed by atoms with Crippen molar-refractivity contribution in [2.45, 2.75) is 25.8 Å². The molecular weight excluding hydrogens is 354 g/mol. The van der Waals surface area contributed by atoms with Crippen molar-refractivity contribution in [3.63, 3.8) is 0 Å². The molecule has 6 nitrogen and oxygen atoms in total. The lowest BCUT2D eigenvalue weighted by molar-refractivity contribution is 0.131. The highest BCUT2D eigenvalue weighted by molar-refractivity contribution is 5.42. The predicted octanol–water partition coefficient (Wildman–Crippen LogP) is 1.76. The molecule has 2 aliphatic rings. The molecule has 1 aromatic heterocycles. The summed E-state index contributed by atoms with van der Waals surface area (Å²) in [5.74, 6) is -1.21. The van der Waals surface area contributed by atoms with Crippen LogP contribution >= 0.6 is 0 Å². The molecule has 0 radical (unpaired) electrons. The third-order valence-corrected chi connectivity index (χ3v) is 5.80. The quantitative estimate of drug-likeness (QED) is 0.865. The Kier molecular flexibility index (Phi) is 4.47. The number of halogens is 2. The van der Waals surface area contributed by atoms with E-state index in [2.05, 4.69) is 4.98 Å². The summed E-state index contributed by atoms with van der Waals surface area (Å²) in [6.45, 7) is 4.32. The highest BCUT2D eigenvalue weighted by Gasteiger charge is 2.44. The van der Waals surface area contributed by atoms with Crippen LogP contribution in [0, 0.1) is 24.0 Å². The Morgan fingerprint density at radius 1 is 1.30 bits per heavy atom. The molecule has 2 saturated heterocycles. The number of ether oxygens (including phenoxy) is 1. The van der Waals surface area contributed by atoms with E-state index in [9.17, 15) is 13.6 Å². The van der Waals surface area contributed by atoms with Gasteiger partial charge in [-0.25, -0.2) is 13.8 Å². The number of nitrogens with zero attached hydrogens (tertiary/aromatic N) is 3. The zero-order chi connectivity index (χ0) is 19.2. The molecule has 2 N–H and O–H groups in total. The molecule has 0 bridgehead atoms. The Labute approximate surface area is 155 Å². The molecule has 144 valence electrons. The number of piperidine rings is 1. The monoisotopic (exact) mass is 376 g/mol. The van der Waals surface area contributed by atoms with Crippen LogP contribution in [0.2, 0.25) is 0 Å². The minimum atomic E-state index is -1.06. The van der Waals surface area contributed by atoms with Crippen LogP contribution < -0.4 is 16.2 Å². The standard InChI is InChI=1S/C19H22F2N4O2/c1-12-23-16(24-7-5-19(6-8-24)11-27-10-15(19)22)9-17(26)25(12)14-4-2-3-13(20)18(14)21/h2-4,9,15H,5-8,10-11,22H2,1H3/t15-/m1/s1. The van der Waals surface area contributed by atoms with E-state index in [1.807, 2.05) is 4.90 Å². The van der Waals surface area contributed by atoms with Crippen molar-refractivity contribution in [3.05, 3.63) is 52.1 Å². The second kappa shape index (κ2) is 6.69. The average molecular weight is 376 g/mol.